The third kappa shape index (κ3) is 3.54. The lowest BCUT2D eigenvalue weighted by Crippen LogP contribution is -2.24. The zero-order chi connectivity index (χ0) is 18.8. The highest BCUT2D eigenvalue weighted by atomic mass is 32.2. The van der Waals surface area contributed by atoms with Crippen LogP contribution < -0.4 is 4.74 Å². The summed E-state index contributed by atoms with van der Waals surface area (Å²) in [6.45, 7) is 0. The number of sulfone groups is 1. The van der Waals surface area contributed by atoms with Crippen LogP contribution in [0, 0.1) is 28.5 Å². The minimum Gasteiger partial charge on any atom is -0.456 e. The molecule has 2 aromatic carbocycles. The molecule has 0 atom stereocenters. The van der Waals surface area contributed by atoms with Crippen molar-refractivity contribution >= 4 is 9.84 Å². The molecule has 0 aromatic heterocycles. The highest BCUT2D eigenvalue weighted by Crippen LogP contribution is 2.36. The van der Waals surface area contributed by atoms with Crippen LogP contribution in [0.2, 0.25) is 0 Å². The van der Waals surface area contributed by atoms with Gasteiger partial charge in [0, 0.05) is 6.07 Å². The molecular weight excluding hydrogens is 364 g/mol. The van der Waals surface area contributed by atoms with E-state index in [1.165, 1.54) is 6.07 Å². The molecule has 0 aliphatic rings. The molecule has 0 aliphatic heterocycles. The number of benzene rings is 2. The van der Waals surface area contributed by atoms with Gasteiger partial charge < -0.3 is 4.74 Å². The maximum Gasteiger partial charge on any atom is 0.501 e. The molecule has 2 aromatic rings. The van der Waals surface area contributed by atoms with E-state index in [1.54, 1.807) is 6.07 Å². The van der Waals surface area contributed by atoms with Gasteiger partial charge in [0.1, 0.15) is 28.9 Å². The van der Waals surface area contributed by atoms with Crippen molar-refractivity contribution in [2.24, 2.45) is 0 Å². The number of alkyl halides is 3. The third-order valence-electron chi connectivity index (χ3n) is 2.92. The molecule has 2 rings (SSSR count). The Morgan fingerprint density at radius 3 is 2.28 bits per heavy atom. The average Bonchev–Trinajstić information content (AvgIpc) is 2.52. The van der Waals surface area contributed by atoms with Crippen LogP contribution in [0.4, 0.5) is 17.6 Å². The van der Waals surface area contributed by atoms with Crippen molar-refractivity contribution in [2.75, 3.05) is 0 Å². The highest BCUT2D eigenvalue weighted by molar-refractivity contribution is 7.92. The molecule has 0 bridgehead atoms. The van der Waals surface area contributed by atoms with Gasteiger partial charge in [-0.15, -0.1) is 0 Å². The van der Waals surface area contributed by atoms with Gasteiger partial charge in [0.25, 0.3) is 9.84 Å². The lowest BCUT2D eigenvalue weighted by atomic mass is 10.2. The Morgan fingerprint density at radius 1 is 1.04 bits per heavy atom. The smallest absolute Gasteiger partial charge is 0.456 e. The molecule has 10 heteroatoms. The van der Waals surface area contributed by atoms with E-state index in [-0.39, 0.29) is 11.3 Å². The molecular formula is C15H6F4N2O3S. The standard InChI is InChI=1S/C15H6F4N2O3S/c16-10-4-9(7-20)5-11(6-10)24-13-2-1-3-14(12(13)8-21)25(22,23)15(17,18)19/h1-6H. The van der Waals surface area contributed by atoms with E-state index in [9.17, 15) is 26.0 Å². The predicted octanol–water partition coefficient (Wildman–Crippen LogP) is 3.65. The van der Waals surface area contributed by atoms with Crippen LogP contribution in [0.5, 0.6) is 11.5 Å². The molecule has 0 unspecified atom stereocenters. The summed E-state index contributed by atoms with van der Waals surface area (Å²) in [5, 5.41) is 17.8. The van der Waals surface area contributed by atoms with E-state index >= 15 is 0 Å². The van der Waals surface area contributed by atoms with E-state index < -0.39 is 37.4 Å². The van der Waals surface area contributed by atoms with E-state index in [1.807, 2.05) is 0 Å². The molecule has 0 spiro atoms. The summed E-state index contributed by atoms with van der Waals surface area (Å²) < 4.78 is 79.8. The number of nitrogens with zero attached hydrogens (tertiary/aromatic N) is 2. The largest absolute Gasteiger partial charge is 0.501 e. The lowest BCUT2D eigenvalue weighted by Gasteiger charge is -2.13. The van der Waals surface area contributed by atoms with Gasteiger partial charge in [-0.3, -0.25) is 0 Å². The second-order valence-corrected chi connectivity index (χ2v) is 6.49. The topological polar surface area (TPSA) is 90.9 Å². The summed E-state index contributed by atoms with van der Waals surface area (Å²) in [6, 6.07) is 8.39. The molecule has 0 saturated heterocycles. The fourth-order valence-electron chi connectivity index (χ4n) is 1.87. The molecule has 0 N–H and O–H groups in total. The van der Waals surface area contributed by atoms with Crippen molar-refractivity contribution in [3.8, 4) is 23.6 Å². The SMILES string of the molecule is N#Cc1cc(F)cc(Oc2cccc(S(=O)(=O)C(F)(F)F)c2C#N)c1. The van der Waals surface area contributed by atoms with E-state index in [4.69, 9.17) is 15.3 Å². The minimum atomic E-state index is -5.78. The molecule has 0 heterocycles. The van der Waals surface area contributed by atoms with Crippen LogP contribution in [-0.2, 0) is 9.84 Å². The quantitative estimate of drug-likeness (QED) is 0.769. The van der Waals surface area contributed by atoms with Gasteiger partial charge in [0.2, 0.25) is 0 Å². The van der Waals surface area contributed by atoms with E-state index in [2.05, 4.69) is 0 Å². The van der Waals surface area contributed by atoms with Crippen LogP contribution in [-0.4, -0.2) is 13.9 Å². The predicted molar refractivity (Wildman–Crippen MR) is 75.6 cm³/mol. The van der Waals surface area contributed by atoms with E-state index in [0.29, 0.717) is 6.07 Å². The number of hydrogen-bond acceptors (Lipinski definition) is 5. The number of nitriles is 2. The monoisotopic (exact) mass is 370 g/mol. The maximum absolute atomic E-state index is 13.4. The molecule has 0 radical (unpaired) electrons. The Hall–Kier alpha value is -3.11. The molecule has 0 fully saturated rings. The van der Waals surface area contributed by atoms with Gasteiger partial charge in [-0.25, -0.2) is 12.8 Å². The Kier molecular flexibility index (Phi) is 4.68. The first-order valence-corrected chi connectivity index (χ1v) is 7.81. The van der Waals surface area contributed by atoms with Crippen molar-refractivity contribution in [1.29, 1.82) is 10.5 Å². The summed E-state index contributed by atoms with van der Waals surface area (Å²) in [6.07, 6.45) is 0. The van der Waals surface area contributed by atoms with Gasteiger partial charge in [-0.2, -0.15) is 23.7 Å². The summed E-state index contributed by atoms with van der Waals surface area (Å²) >= 11 is 0. The van der Waals surface area contributed by atoms with Crippen molar-refractivity contribution in [3.63, 3.8) is 0 Å². The zero-order valence-corrected chi connectivity index (χ0v) is 12.8. The van der Waals surface area contributed by atoms with Crippen LogP contribution in [0.25, 0.3) is 0 Å². The Labute approximate surface area is 139 Å². The molecule has 0 aliphatic carbocycles. The van der Waals surface area contributed by atoms with Crippen molar-refractivity contribution in [1.82, 2.24) is 0 Å². The molecule has 25 heavy (non-hydrogen) atoms. The molecule has 0 saturated carbocycles. The fourth-order valence-corrected chi connectivity index (χ4v) is 2.79. The number of rotatable bonds is 3. The van der Waals surface area contributed by atoms with Gasteiger partial charge >= 0.3 is 5.51 Å². The van der Waals surface area contributed by atoms with Gasteiger partial charge in [0.15, 0.2) is 0 Å². The first-order chi connectivity index (χ1) is 11.6. The second kappa shape index (κ2) is 6.42. The van der Waals surface area contributed by atoms with Gasteiger partial charge in [0.05, 0.1) is 16.5 Å². The average molecular weight is 370 g/mol. The van der Waals surface area contributed by atoms with Crippen molar-refractivity contribution in [3.05, 3.63) is 53.3 Å². The Balaban J connectivity index is 2.59. The lowest BCUT2D eigenvalue weighted by molar-refractivity contribution is -0.0436. The van der Waals surface area contributed by atoms with Crippen molar-refractivity contribution in [2.45, 2.75) is 10.4 Å². The Bertz CT molecular complexity index is 1020. The maximum atomic E-state index is 13.4. The summed E-state index contributed by atoms with van der Waals surface area (Å²) in [5.74, 6) is -1.66. The summed E-state index contributed by atoms with van der Waals surface area (Å²) in [4.78, 5) is -1.28. The Morgan fingerprint density at radius 2 is 1.72 bits per heavy atom. The normalized spacial score (nSPS) is 11.4. The van der Waals surface area contributed by atoms with Gasteiger partial charge in [-0.05, 0) is 24.3 Å². The first-order valence-electron chi connectivity index (χ1n) is 6.33. The number of halogens is 4. The van der Waals surface area contributed by atoms with Crippen LogP contribution in [0.1, 0.15) is 11.1 Å². The molecule has 0 amide bonds. The van der Waals surface area contributed by atoms with Crippen LogP contribution in [0.15, 0.2) is 41.3 Å². The fraction of sp³-hybridized carbons (Fsp3) is 0.0667. The molecule has 5 nitrogen and oxygen atoms in total. The number of hydrogen-bond donors (Lipinski definition) is 0. The first kappa shape index (κ1) is 18.2. The van der Waals surface area contributed by atoms with Gasteiger partial charge in [-0.1, -0.05) is 6.07 Å². The van der Waals surface area contributed by atoms with Crippen LogP contribution in [0.3, 0.4) is 0 Å². The van der Waals surface area contributed by atoms with Crippen LogP contribution >= 0.6 is 0 Å². The second-order valence-electron chi connectivity index (χ2n) is 4.58. The minimum absolute atomic E-state index is 0.132. The zero-order valence-electron chi connectivity index (χ0n) is 12.0. The highest BCUT2D eigenvalue weighted by Gasteiger charge is 2.48. The van der Waals surface area contributed by atoms with Crippen molar-refractivity contribution < 1.29 is 30.7 Å². The summed E-state index contributed by atoms with van der Waals surface area (Å²) in [7, 11) is -5.78. The number of ether oxygens (including phenoxy) is 1. The van der Waals surface area contributed by atoms with E-state index in [0.717, 1.165) is 30.3 Å². The summed E-state index contributed by atoms with van der Waals surface area (Å²) in [5.41, 5.74) is -6.63. The molecule has 128 valence electrons. The third-order valence-corrected chi connectivity index (χ3v) is 4.45.